The van der Waals surface area contributed by atoms with Crippen LogP contribution in [-0.4, -0.2) is 49.5 Å². The van der Waals surface area contributed by atoms with E-state index in [0.717, 1.165) is 24.9 Å². The summed E-state index contributed by atoms with van der Waals surface area (Å²) in [7, 11) is 0. The summed E-state index contributed by atoms with van der Waals surface area (Å²) in [6.07, 6.45) is 3.16. The average molecular weight is 477 g/mol. The molecule has 1 saturated heterocycles. The van der Waals surface area contributed by atoms with Crippen molar-refractivity contribution in [3.8, 4) is 0 Å². The van der Waals surface area contributed by atoms with E-state index in [4.69, 9.17) is 4.74 Å². The van der Waals surface area contributed by atoms with E-state index >= 15 is 0 Å². The average Bonchev–Trinajstić information content (AvgIpc) is 3.39. The number of nitrogens with one attached hydrogen (secondary N) is 2. The normalized spacial score (nSPS) is 20.8. The van der Waals surface area contributed by atoms with Crippen LogP contribution in [0.2, 0.25) is 0 Å². The molecular weight excluding hydrogens is 448 g/mol. The second kappa shape index (κ2) is 9.32. The van der Waals surface area contributed by atoms with Crippen molar-refractivity contribution in [1.82, 2.24) is 10.6 Å². The second-order valence-electron chi connectivity index (χ2n) is 7.15. The van der Waals surface area contributed by atoms with Gasteiger partial charge in [0.05, 0.1) is 12.1 Å². The van der Waals surface area contributed by atoms with E-state index in [2.05, 4.69) is 15.6 Å². The summed E-state index contributed by atoms with van der Waals surface area (Å²) < 4.78 is 19.4. The minimum absolute atomic E-state index is 0. The van der Waals surface area contributed by atoms with Crippen LogP contribution in [0.4, 0.5) is 4.39 Å². The smallest absolute Gasteiger partial charge is 0.191 e. The molecule has 2 fully saturated rings. The van der Waals surface area contributed by atoms with Gasteiger partial charge in [-0.3, -0.25) is 4.99 Å². The molecule has 3 rings (SSSR count). The number of guanidine groups is 1. The predicted octanol–water partition coefficient (Wildman–Crippen LogP) is 2.57. The SMILES string of the molecule is CCNC(=NCC1(O)CCOCC1)NCC1(c2ccccc2F)CC1.I. The Bertz CT molecular complexity index is 617. The van der Waals surface area contributed by atoms with E-state index in [9.17, 15) is 9.50 Å². The molecule has 0 aromatic heterocycles. The van der Waals surface area contributed by atoms with Crippen molar-refractivity contribution >= 4 is 29.9 Å². The summed E-state index contributed by atoms with van der Waals surface area (Å²) in [6, 6.07) is 7.01. The maximum Gasteiger partial charge on any atom is 0.191 e. The Kier molecular flexibility index (Phi) is 7.66. The highest BCUT2D eigenvalue weighted by Crippen LogP contribution is 2.48. The first-order valence-electron chi connectivity index (χ1n) is 9.14. The first-order chi connectivity index (χ1) is 12.1. The molecule has 1 aromatic rings. The molecule has 1 aromatic carbocycles. The lowest BCUT2D eigenvalue weighted by molar-refractivity contribution is -0.0565. The lowest BCUT2D eigenvalue weighted by Crippen LogP contribution is -2.44. The number of hydrogen-bond donors (Lipinski definition) is 3. The van der Waals surface area contributed by atoms with Crippen LogP contribution in [0.3, 0.4) is 0 Å². The molecule has 0 bridgehead atoms. The maximum atomic E-state index is 14.1. The molecule has 0 atom stereocenters. The van der Waals surface area contributed by atoms with Gasteiger partial charge in [-0.1, -0.05) is 18.2 Å². The molecule has 26 heavy (non-hydrogen) atoms. The van der Waals surface area contributed by atoms with Crippen molar-refractivity contribution < 1.29 is 14.2 Å². The highest BCUT2D eigenvalue weighted by atomic mass is 127. The number of aliphatic imine (C=N–C) groups is 1. The maximum absolute atomic E-state index is 14.1. The molecule has 3 N–H and O–H groups in total. The summed E-state index contributed by atoms with van der Waals surface area (Å²) in [5.41, 5.74) is -0.151. The number of rotatable bonds is 6. The molecule has 1 aliphatic heterocycles. The van der Waals surface area contributed by atoms with Crippen LogP contribution in [0.1, 0.15) is 38.2 Å². The van der Waals surface area contributed by atoms with Crippen LogP contribution >= 0.6 is 24.0 Å². The van der Waals surface area contributed by atoms with Gasteiger partial charge in [-0.25, -0.2) is 4.39 Å². The van der Waals surface area contributed by atoms with Crippen molar-refractivity contribution in [1.29, 1.82) is 0 Å². The van der Waals surface area contributed by atoms with Crippen LogP contribution < -0.4 is 10.6 Å². The van der Waals surface area contributed by atoms with Gasteiger partial charge in [-0.15, -0.1) is 24.0 Å². The van der Waals surface area contributed by atoms with E-state index in [1.165, 1.54) is 6.07 Å². The summed E-state index contributed by atoms with van der Waals surface area (Å²) in [5.74, 6) is 0.533. The number of nitrogens with zero attached hydrogens (tertiary/aromatic N) is 1. The molecule has 146 valence electrons. The molecule has 1 heterocycles. The topological polar surface area (TPSA) is 65.9 Å². The van der Waals surface area contributed by atoms with Gasteiger partial charge in [-0.2, -0.15) is 0 Å². The molecular formula is C19H29FIN3O2. The standard InChI is InChI=1S/C19H28FN3O2.HI/c1-2-21-17(23-14-19(24)9-11-25-12-10-19)22-13-18(7-8-18)15-5-3-4-6-16(15)20;/h3-6,24H,2,7-14H2,1H3,(H2,21,22,23);1H. The number of benzene rings is 1. The highest BCUT2D eigenvalue weighted by Gasteiger charge is 2.45. The fourth-order valence-electron chi connectivity index (χ4n) is 3.31. The summed E-state index contributed by atoms with van der Waals surface area (Å²) in [4.78, 5) is 4.55. The molecule has 5 nitrogen and oxygen atoms in total. The number of hydrogen-bond acceptors (Lipinski definition) is 3. The fraction of sp³-hybridized carbons (Fsp3) is 0.632. The molecule has 0 unspecified atom stereocenters. The van der Waals surface area contributed by atoms with Gasteiger partial charge < -0.3 is 20.5 Å². The Morgan fingerprint density at radius 3 is 2.50 bits per heavy atom. The Morgan fingerprint density at radius 2 is 1.88 bits per heavy atom. The third-order valence-corrected chi connectivity index (χ3v) is 5.19. The second-order valence-corrected chi connectivity index (χ2v) is 7.15. The first kappa shape index (κ1) is 21.4. The Hall–Kier alpha value is -0.930. The highest BCUT2D eigenvalue weighted by molar-refractivity contribution is 14.0. The molecule has 0 spiro atoms. The van der Waals surface area contributed by atoms with Gasteiger partial charge in [0, 0.05) is 44.6 Å². The predicted molar refractivity (Wildman–Crippen MR) is 112 cm³/mol. The van der Waals surface area contributed by atoms with Gasteiger partial charge in [-0.05, 0) is 31.4 Å². The molecule has 0 amide bonds. The third kappa shape index (κ3) is 5.29. The molecule has 2 aliphatic rings. The van der Waals surface area contributed by atoms with Crippen molar-refractivity contribution in [2.75, 3.05) is 32.8 Å². The van der Waals surface area contributed by atoms with Crippen molar-refractivity contribution in [3.63, 3.8) is 0 Å². The lowest BCUT2D eigenvalue weighted by atomic mass is 9.95. The van der Waals surface area contributed by atoms with Crippen LogP contribution in [0.15, 0.2) is 29.3 Å². The minimum Gasteiger partial charge on any atom is -0.388 e. The van der Waals surface area contributed by atoms with Crippen molar-refractivity contribution in [2.24, 2.45) is 4.99 Å². The zero-order valence-corrected chi connectivity index (χ0v) is 17.6. The van der Waals surface area contributed by atoms with Crippen molar-refractivity contribution in [3.05, 3.63) is 35.6 Å². The number of halogens is 2. The van der Waals surface area contributed by atoms with E-state index in [1.54, 1.807) is 6.07 Å². The summed E-state index contributed by atoms with van der Waals surface area (Å²) in [6.45, 7) is 4.88. The van der Waals surface area contributed by atoms with E-state index in [-0.39, 0.29) is 35.2 Å². The quantitative estimate of drug-likeness (QED) is 0.335. The molecule has 7 heteroatoms. The van der Waals surface area contributed by atoms with E-state index < -0.39 is 5.60 Å². The minimum atomic E-state index is -0.788. The van der Waals surface area contributed by atoms with Gasteiger partial charge in [0.1, 0.15) is 5.82 Å². The molecule has 1 aliphatic carbocycles. The van der Waals surface area contributed by atoms with Crippen LogP contribution in [0, 0.1) is 5.82 Å². The zero-order valence-electron chi connectivity index (χ0n) is 15.3. The van der Waals surface area contributed by atoms with Crippen LogP contribution in [0.25, 0.3) is 0 Å². The lowest BCUT2D eigenvalue weighted by Gasteiger charge is -2.30. The molecule has 0 radical (unpaired) electrons. The zero-order chi connectivity index (χ0) is 17.8. The van der Waals surface area contributed by atoms with Gasteiger partial charge in [0.2, 0.25) is 0 Å². The largest absolute Gasteiger partial charge is 0.388 e. The Morgan fingerprint density at radius 1 is 1.19 bits per heavy atom. The van der Waals surface area contributed by atoms with Gasteiger partial charge >= 0.3 is 0 Å². The van der Waals surface area contributed by atoms with Crippen LogP contribution in [0.5, 0.6) is 0 Å². The third-order valence-electron chi connectivity index (χ3n) is 5.19. The monoisotopic (exact) mass is 477 g/mol. The number of ether oxygens (including phenoxy) is 1. The van der Waals surface area contributed by atoms with Crippen LogP contribution in [-0.2, 0) is 10.2 Å². The fourth-order valence-corrected chi connectivity index (χ4v) is 3.31. The molecule has 1 saturated carbocycles. The summed E-state index contributed by atoms with van der Waals surface area (Å²) in [5, 5.41) is 17.1. The Balaban J connectivity index is 0.00000243. The Labute approximate surface area is 171 Å². The van der Waals surface area contributed by atoms with E-state index in [1.807, 2.05) is 19.1 Å². The van der Waals surface area contributed by atoms with E-state index in [0.29, 0.717) is 45.1 Å². The van der Waals surface area contributed by atoms with Crippen molar-refractivity contribution in [2.45, 2.75) is 43.6 Å². The first-order valence-corrected chi connectivity index (χ1v) is 9.14. The summed E-state index contributed by atoms with van der Waals surface area (Å²) >= 11 is 0. The number of aliphatic hydroxyl groups is 1. The van der Waals surface area contributed by atoms with Gasteiger partial charge in [0.15, 0.2) is 5.96 Å². The van der Waals surface area contributed by atoms with Gasteiger partial charge in [0.25, 0.3) is 0 Å².